The molecule has 0 bridgehead atoms. The molecule has 0 radical (unpaired) electrons. The van der Waals surface area contributed by atoms with Crippen LogP contribution in [0.2, 0.25) is 0 Å². The molecule has 12 heteroatoms. The van der Waals surface area contributed by atoms with E-state index >= 15 is 0 Å². The van der Waals surface area contributed by atoms with E-state index in [4.69, 9.17) is 0 Å². The van der Waals surface area contributed by atoms with Crippen molar-refractivity contribution < 1.29 is 35.9 Å². The van der Waals surface area contributed by atoms with Crippen LogP contribution in [0.25, 0.3) is 0 Å². The Morgan fingerprint density at radius 3 is 1.30 bits per heavy atom. The van der Waals surface area contributed by atoms with Gasteiger partial charge >= 0.3 is 24.2 Å². The van der Waals surface area contributed by atoms with Crippen LogP contribution < -0.4 is 10.6 Å². The SMILES string of the molecule is O=C(NCCSSCCNC(=O)C(F)(F)F)C(F)(F)F. The molecule has 0 aliphatic carbocycles. The van der Waals surface area contributed by atoms with Crippen molar-refractivity contribution in [3.05, 3.63) is 0 Å². The van der Waals surface area contributed by atoms with E-state index in [0.717, 1.165) is 21.6 Å². The summed E-state index contributed by atoms with van der Waals surface area (Å²) >= 11 is 0. The Morgan fingerprint density at radius 1 is 0.750 bits per heavy atom. The summed E-state index contributed by atoms with van der Waals surface area (Å²) in [6.45, 7) is -0.435. The number of alkyl halides is 6. The Bertz CT molecular complexity index is 302. The molecule has 0 aromatic heterocycles. The molecule has 0 aromatic carbocycles. The Labute approximate surface area is 117 Å². The molecule has 0 unspecified atom stereocenters. The van der Waals surface area contributed by atoms with Gasteiger partial charge in [-0.3, -0.25) is 9.59 Å². The predicted octanol–water partition coefficient (Wildman–Crippen LogP) is 1.72. The van der Waals surface area contributed by atoms with Gasteiger partial charge in [0.25, 0.3) is 0 Å². The molecule has 0 heterocycles. The van der Waals surface area contributed by atoms with Crippen molar-refractivity contribution in [3.8, 4) is 0 Å². The van der Waals surface area contributed by atoms with Crippen molar-refractivity contribution in [2.45, 2.75) is 12.4 Å². The first-order chi connectivity index (χ1) is 9.05. The largest absolute Gasteiger partial charge is 0.471 e. The number of halogens is 6. The van der Waals surface area contributed by atoms with Gasteiger partial charge < -0.3 is 10.6 Å². The second kappa shape index (κ2) is 8.49. The Hall–Kier alpha value is -0.780. The van der Waals surface area contributed by atoms with Gasteiger partial charge in [0.1, 0.15) is 0 Å². The number of amides is 2. The number of rotatable bonds is 7. The number of nitrogens with one attached hydrogen (secondary N) is 2. The van der Waals surface area contributed by atoms with Crippen LogP contribution in [0, 0.1) is 0 Å². The van der Waals surface area contributed by atoms with Gasteiger partial charge in [-0.05, 0) is 0 Å². The first-order valence-corrected chi connectivity index (χ1v) is 7.48. The lowest BCUT2D eigenvalue weighted by atomic mass is 10.5. The van der Waals surface area contributed by atoms with Crippen LogP contribution in [0.15, 0.2) is 0 Å². The average molecular weight is 344 g/mol. The van der Waals surface area contributed by atoms with Crippen LogP contribution in [0.3, 0.4) is 0 Å². The minimum atomic E-state index is -4.93. The van der Waals surface area contributed by atoms with Crippen molar-refractivity contribution in [2.75, 3.05) is 24.6 Å². The highest BCUT2D eigenvalue weighted by molar-refractivity contribution is 8.76. The summed E-state index contributed by atoms with van der Waals surface area (Å²) in [5.41, 5.74) is 0. The first kappa shape index (κ1) is 19.2. The molecule has 0 aliphatic rings. The molecular formula is C8H10F6N2O2S2. The third-order valence-electron chi connectivity index (χ3n) is 1.54. The molecule has 0 aliphatic heterocycles. The second-order valence-electron chi connectivity index (χ2n) is 3.15. The van der Waals surface area contributed by atoms with E-state index in [-0.39, 0.29) is 24.6 Å². The van der Waals surface area contributed by atoms with Gasteiger partial charge in [-0.1, -0.05) is 21.6 Å². The lowest BCUT2D eigenvalue weighted by Gasteiger charge is -2.08. The quantitative estimate of drug-likeness (QED) is 0.420. The molecule has 2 N–H and O–H groups in total. The van der Waals surface area contributed by atoms with Gasteiger partial charge in [0.05, 0.1) is 0 Å². The van der Waals surface area contributed by atoms with Crippen LogP contribution in [0.5, 0.6) is 0 Å². The van der Waals surface area contributed by atoms with Crippen molar-refractivity contribution in [1.29, 1.82) is 0 Å². The van der Waals surface area contributed by atoms with Crippen LogP contribution in [0.1, 0.15) is 0 Å². The van der Waals surface area contributed by atoms with Crippen LogP contribution in [0.4, 0.5) is 26.3 Å². The summed E-state index contributed by atoms with van der Waals surface area (Å²) < 4.78 is 70.4. The van der Waals surface area contributed by atoms with E-state index in [1.165, 1.54) is 0 Å². The summed E-state index contributed by atoms with van der Waals surface area (Å²) in [4.78, 5) is 20.7. The summed E-state index contributed by atoms with van der Waals surface area (Å²) in [6, 6.07) is 0. The van der Waals surface area contributed by atoms with E-state index in [1.54, 1.807) is 10.6 Å². The van der Waals surface area contributed by atoms with E-state index in [2.05, 4.69) is 0 Å². The van der Waals surface area contributed by atoms with Crippen LogP contribution >= 0.6 is 21.6 Å². The maximum atomic E-state index is 11.7. The fourth-order valence-corrected chi connectivity index (χ4v) is 2.54. The highest BCUT2D eigenvalue weighted by atomic mass is 33.1. The molecule has 0 rings (SSSR count). The minimum absolute atomic E-state index is 0.152. The van der Waals surface area contributed by atoms with Gasteiger partial charge in [-0.25, -0.2) is 0 Å². The Balaban J connectivity index is 3.47. The van der Waals surface area contributed by atoms with Crippen LogP contribution in [-0.2, 0) is 9.59 Å². The molecule has 0 saturated heterocycles. The monoisotopic (exact) mass is 344 g/mol. The van der Waals surface area contributed by atoms with Gasteiger partial charge in [-0.15, -0.1) is 0 Å². The second-order valence-corrected chi connectivity index (χ2v) is 5.85. The van der Waals surface area contributed by atoms with E-state index in [0.29, 0.717) is 0 Å². The summed E-state index contributed by atoms with van der Waals surface area (Å²) in [5.74, 6) is -3.78. The van der Waals surface area contributed by atoms with Gasteiger partial charge in [0.15, 0.2) is 0 Å². The predicted molar refractivity (Wildman–Crippen MR) is 63.0 cm³/mol. The summed E-state index contributed by atoms with van der Waals surface area (Å²) in [6.07, 6.45) is -9.86. The van der Waals surface area contributed by atoms with Crippen LogP contribution in [-0.4, -0.2) is 48.8 Å². The van der Waals surface area contributed by atoms with E-state index in [9.17, 15) is 35.9 Å². The third kappa shape index (κ3) is 9.18. The molecule has 0 aromatic rings. The molecule has 0 atom stereocenters. The third-order valence-corrected chi connectivity index (χ3v) is 3.95. The number of carbonyl (C=O) groups excluding carboxylic acids is 2. The summed E-state index contributed by atoms with van der Waals surface area (Å²) in [5, 5.41) is 3.27. The minimum Gasteiger partial charge on any atom is -0.347 e. The molecule has 0 fully saturated rings. The van der Waals surface area contributed by atoms with E-state index in [1.807, 2.05) is 0 Å². The topological polar surface area (TPSA) is 58.2 Å². The average Bonchev–Trinajstić information content (AvgIpc) is 2.29. The van der Waals surface area contributed by atoms with Crippen molar-refractivity contribution in [3.63, 3.8) is 0 Å². The Morgan fingerprint density at radius 2 is 1.05 bits per heavy atom. The highest BCUT2D eigenvalue weighted by Crippen LogP contribution is 2.20. The van der Waals surface area contributed by atoms with Crippen molar-refractivity contribution in [2.24, 2.45) is 0 Å². The maximum Gasteiger partial charge on any atom is 0.471 e. The van der Waals surface area contributed by atoms with Gasteiger partial charge in [-0.2, -0.15) is 26.3 Å². The smallest absolute Gasteiger partial charge is 0.347 e. The lowest BCUT2D eigenvalue weighted by molar-refractivity contribution is -0.173. The molecule has 118 valence electrons. The summed E-state index contributed by atoms with van der Waals surface area (Å²) in [7, 11) is 2.13. The van der Waals surface area contributed by atoms with E-state index < -0.39 is 24.2 Å². The van der Waals surface area contributed by atoms with Gasteiger partial charge in [0.2, 0.25) is 0 Å². The Kier molecular flexibility index (Phi) is 8.16. The molecule has 0 spiro atoms. The molecule has 0 saturated carbocycles. The van der Waals surface area contributed by atoms with Gasteiger partial charge in [0, 0.05) is 24.6 Å². The molecule has 2 amide bonds. The fraction of sp³-hybridized carbons (Fsp3) is 0.750. The maximum absolute atomic E-state index is 11.7. The first-order valence-electron chi connectivity index (χ1n) is 4.99. The fourth-order valence-electron chi connectivity index (χ4n) is 0.731. The zero-order valence-electron chi connectivity index (χ0n) is 9.73. The van der Waals surface area contributed by atoms with Crippen molar-refractivity contribution >= 4 is 33.4 Å². The molecule has 20 heavy (non-hydrogen) atoms. The zero-order valence-corrected chi connectivity index (χ0v) is 11.4. The standard InChI is InChI=1S/C8H10F6N2O2S2/c9-7(10,11)5(17)15-1-3-19-20-4-2-16-6(18)8(12,13)14/h1-4H2,(H,15,17)(H,16,18). The normalized spacial score (nSPS) is 12.1. The highest BCUT2D eigenvalue weighted by Gasteiger charge is 2.38. The molecule has 4 nitrogen and oxygen atoms in total. The van der Waals surface area contributed by atoms with Crippen molar-refractivity contribution in [1.82, 2.24) is 10.6 Å². The molecular weight excluding hydrogens is 334 g/mol. The number of hydrogen-bond donors (Lipinski definition) is 2. The number of carbonyl (C=O) groups is 2. The lowest BCUT2D eigenvalue weighted by Crippen LogP contribution is -2.38. The number of hydrogen-bond acceptors (Lipinski definition) is 4. The zero-order chi connectivity index (χ0) is 15.8.